The van der Waals surface area contributed by atoms with Gasteiger partial charge in [0.15, 0.2) is 17.2 Å². The summed E-state index contributed by atoms with van der Waals surface area (Å²) in [5.41, 5.74) is 0.134. The first kappa shape index (κ1) is 19.5. The van der Waals surface area contributed by atoms with E-state index >= 15 is 0 Å². The Morgan fingerprint density at radius 3 is 2.56 bits per heavy atom. The van der Waals surface area contributed by atoms with Crippen molar-refractivity contribution in [2.45, 2.75) is 31.5 Å². The van der Waals surface area contributed by atoms with E-state index in [4.69, 9.17) is 0 Å². The van der Waals surface area contributed by atoms with Gasteiger partial charge in [0.05, 0.1) is 0 Å². The van der Waals surface area contributed by atoms with Crippen molar-refractivity contribution in [3.8, 4) is 0 Å². The third kappa shape index (κ3) is 4.70. The Labute approximate surface area is 158 Å². The number of likely N-dealkylation sites (tertiary alicyclic amines) is 1. The van der Waals surface area contributed by atoms with E-state index in [-0.39, 0.29) is 19.0 Å². The molecule has 6 heteroatoms. The average molecular weight is 374 g/mol. The number of amides is 1. The van der Waals surface area contributed by atoms with Gasteiger partial charge in [-0.2, -0.15) is 0 Å². The molecule has 0 bridgehead atoms. The van der Waals surface area contributed by atoms with Crippen LogP contribution in [0.5, 0.6) is 0 Å². The molecular weight excluding hydrogens is 350 g/mol. The molecule has 0 radical (unpaired) electrons. The fourth-order valence-corrected chi connectivity index (χ4v) is 3.62. The minimum absolute atomic E-state index is 0.154. The lowest BCUT2D eigenvalue weighted by Gasteiger charge is -2.40. The number of halogens is 2. The van der Waals surface area contributed by atoms with Gasteiger partial charge in [0.1, 0.15) is 0 Å². The molecule has 1 aliphatic rings. The lowest BCUT2D eigenvalue weighted by molar-refractivity contribution is -0.160. The van der Waals surface area contributed by atoms with Gasteiger partial charge in [0.25, 0.3) is 5.91 Å². The number of piperidine rings is 1. The van der Waals surface area contributed by atoms with E-state index in [1.807, 2.05) is 42.3 Å². The predicted molar refractivity (Wildman–Crippen MR) is 98.7 cm³/mol. The molecule has 1 atom stereocenters. The fraction of sp³-hybridized carbons (Fsp3) is 0.381. The second-order valence-corrected chi connectivity index (χ2v) is 7.27. The lowest BCUT2D eigenvalue weighted by Crippen LogP contribution is -2.57. The van der Waals surface area contributed by atoms with Crippen molar-refractivity contribution in [3.63, 3.8) is 0 Å². The molecule has 0 spiro atoms. The van der Waals surface area contributed by atoms with Crippen LogP contribution in [0.2, 0.25) is 0 Å². The number of benzene rings is 2. The summed E-state index contributed by atoms with van der Waals surface area (Å²) in [6.45, 7) is 1.48. The van der Waals surface area contributed by atoms with Crippen LogP contribution in [0.25, 0.3) is 0 Å². The van der Waals surface area contributed by atoms with Gasteiger partial charge in [-0.05, 0) is 43.1 Å². The Morgan fingerprint density at radius 2 is 1.85 bits per heavy atom. The van der Waals surface area contributed by atoms with Gasteiger partial charge < -0.3 is 10.0 Å². The largest absolute Gasteiger partial charge is 0.379 e. The third-order valence-corrected chi connectivity index (χ3v) is 4.89. The Hall–Kier alpha value is -2.31. The number of likely N-dealkylation sites (N-methyl/N-ethyl adjacent to an activating group) is 1. The molecule has 0 aromatic heterocycles. The van der Waals surface area contributed by atoms with E-state index in [2.05, 4.69) is 0 Å². The Kier molecular flexibility index (Phi) is 5.87. The molecule has 1 aliphatic heterocycles. The maximum absolute atomic E-state index is 13.4. The summed E-state index contributed by atoms with van der Waals surface area (Å²) in [6.07, 6.45) is 1.05. The van der Waals surface area contributed by atoms with E-state index in [0.717, 1.165) is 17.7 Å². The van der Waals surface area contributed by atoms with Crippen molar-refractivity contribution < 1.29 is 18.7 Å². The molecule has 4 nitrogen and oxygen atoms in total. The lowest BCUT2D eigenvalue weighted by atomic mass is 9.90. The van der Waals surface area contributed by atoms with E-state index in [1.54, 1.807) is 0 Å². The molecule has 0 unspecified atom stereocenters. The molecule has 2 aromatic rings. The highest BCUT2D eigenvalue weighted by molar-refractivity contribution is 5.86. The van der Waals surface area contributed by atoms with Gasteiger partial charge in [-0.1, -0.05) is 36.4 Å². The van der Waals surface area contributed by atoms with Crippen LogP contribution >= 0.6 is 0 Å². The molecule has 144 valence electrons. The van der Waals surface area contributed by atoms with E-state index in [0.29, 0.717) is 31.5 Å². The van der Waals surface area contributed by atoms with Crippen LogP contribution in [0.1, 0.15) is 24.0 Å². The number of rotatable bonds is 6. The van der Waals surface area contributed by atoms with Crippen LogP contribution in [0.3, 0.4) is 0 Å². The molecule has 1 fully saturated rings. The van der Waals surface area contributed by atoms with Gasteiger partial charge >= 0.3 is 0 Å². The number of hydrogen-bond acceptors (Lipinski definition) is 3. The SMILES string of the molecule is CN(Cc1ccccc1)C[C@@]1(O)CCCN(Cc2ccc(F)c(F)c2)C1=O. The molecule has 1 heterocycles. The highest BCUT2D eigenvalue weighted by Crippen LogP contribution is 2.26. The summed E-state index contributed by atoms with van der Waals surface area (Å²) in [4.78, 5) is 16.3. The van der Waals surface area contributed by atoms with Crippen LogP contribution in [0.4, 0.5) is 8.78 Å². The smallest absolute Gasteiger partial charge is 0.256 e. The summed E-state index contributed by atoms with van der Waals surface area (Å²) in [5.74, 6) is -2.21. The van der Waals surface area contributed by atoms with Crippen molar-refractivity contribution in [1.82, 2.24) is 9.80 Å². The van der Waals surface area contributed by atoms with Gasteiger partial charge in [-0.15, -0.1) is 0 Å². The van der Waals surface area contributed by atoms with E-state index in [9.17, 15) is 18.7 Å². The number of carbonyl (C=O) groups excluding carboxylic acids is 1. The minimum atomic E-state index is -1.47. The summed E-state index contributed by atoms with van der Waals surface area (Å²) in [7, 11) is 1.87. The van der Waals surface area contributed by atoms with Crippen LogP contribution in [0, 0.1) is 11.6 Å². The van der Waals surface area contributed by atoms with Crippen LogP contribution in [0.15, 0.2) is 48.5 Å². The fourth-order valence-electron chi connectivity index (χ4n) is 3.62. The second-order valence-electron chi connectivity index (χ2n) is 7.27. The molecule has 0 saturated carbocycles. The zero-order chi connectivity index (χ0) is 19.4. The monoisotopic (exact) mass is 374 g/mol. The first-order valence-corrected chi connectivity index (χ1v) is 9.05. The molecule has 0 aliphatic carbocycles. The molecule has 2 aromatic carbocycles. The van der Waals surface area contributed by atoms with Crippen molar-refractivity contribution in [2.24, 2.45) is 0 Å². The summed E-state index contributed by atoms with van der Waals surface area (Å²) in [6, 6.07) is 13.5. The maximum atomic E-state index is 13.4. The van der Waals surface area contributed by atoms with Crippen LogP contribution in [-0.2, 0) is 17.9 Å². The molecule has 1 amide bonds. The van der Waals surface area contributed by atoms with Crippen molar-refractivity contribution in [3.05, 3.63) is 71.3 Å². The number of carbonyl (C=O) groups is 1. The zero-order valence-corrected chi connectivity index (χ0v) is 15.4. The average Bonchev–Trinajstić information content (AvgIpc) is 2.63. The predicted octanol–water partition coefficient (Wildman–Crippen LogP) is 2.95. The number of nitrogens with zero attached hydrogens (tertiary/aromatic N) is 2. The molecule has 1 saturated heterocycles. The van der Waals surface area contributed by atoms with Crippen molar-refractivity contribution in [1.29, 1.82) is 0 Å². The van der Waals surface area contributed by atoms with E-state index in [1.165, 1.54) is 11.0 Å². The van der Waals surface area contributed by atoms with Gasteiger partial charge in [-0.3, -0.25) is 9.69 Å². The molecule has 3 rings (SSSR count). The zero-order valence-electron chi connectivity index (χ0n) is 15.4. The summed E-state index contributed by atoms with van der Waals surface area (Å²) in [5, 5.41) is 11.0. The van der Waals surface area contributed by atoms with Gasteiger partial charge in [-0.25, -0.2) is 8.78 Å². The first-order valence-electron chi connectivity index (χ1n) is 9.05. The van der Waals surface area contributed by atoms with Crippen LogP contribution in [-0.4, -0.2) is 46.6 Å². The molecular formula is C21H24F2N2O2. The van der Waals surface area contributed by atoms with Crippen LogP contribution < -0.4 is 0 Å². The second kappa shape index (κ2) is 8.15. The minimum Gasteiger partial charge on any atom is -0.379 e. The molecule has 1 N–H and O–H groups in total. The Morgan fingerprint density at radius 1 is 1.11 bits per heavy atom. The summed E-state index contributed by atoms with van der Waals surface area (Å²) >= 11 is 0. The standard InChI is InChI=1S/C21H24F2N2O2/c1-24(13-16-6-3-2-4-7-16)15-21(27)10-5-11-25(20(21)26)14-17-8-9-18(22)19(23)12-17/h2-4,6-9,12,27H,5,10-11,13-15H2,1H3/t21-/m0/s1. The summed E-state index contributed by atoms with van der Waals surface area (Å²) < 4.78 is 26.5. The number of aliphatic hydroxyl groups is 1. The van der Waals surface area contributed by atoms with E-state index < -0.39 is 17.2 Å². The maximum Gasteiger partial charge on any atom is 0.256 e. The van der Waals surface area contributed by atoms with Crippen molar-refractivity contribution in [2.75, 3.05) is 20.1 Å². The first-order chi connectivity index (χ1) is 12.9. The molecule has 27 heavy (non-hydrogen) atoms. The highest BCUT2D eigenvalue weighted by atomic mass is 19.2. The quantitative estimate of drug-likeness (QED) is 0.846. The van der Waals surface area contributed by atoms with Gasteiger partial charge in [0.2, 0.25) is 0 Å². The van der Waals surface area contributed by atoms with Gasteiger partial charge in [0, 0.05) is 26.2 Å². The Balaban J connectivity index is 1.66. The normalized spacial score (nSPS) is 20.3. The topological polar surface area (TPSA) is 43.8 Å². The third-order valence-electron chi connectivity index (χ3n) is 4.89. The Bertz CT molecular complexity index is 800. The number of hydrogen-bond donors (Lipinski definition) is 1. The van der Waals surface area contributed by atoms with Crippen molar-refractivity contribution >= 4 is 5.91 Å². The highest BCUT2D eigenvalue weighted by Gasteiger charge is 2.42.